The van der Waals surface area contributed by atoms with Crippen molar-refractivity contribution in [3.8, 4) is 0 Å². The van der Waals surface area contributed by atoms with Gasteiger partial charge in [-0.05, 0) is 0 Å². The number of halogens is 6. The van der Waals surface area contributed by atoms with Gasteiger partial charge in [-0.15, -0.1) is 0 Å². The van der Waals surface area contributed by atoms with E-state index < -0.39 is 28.9 Å². The second-order valence-corrected chi connectivity index (χ2v) is 2.68. The van der Waals surface area contributed by atoms with Gasteiger partial charge in [0.15, 0.2) is 0 Å². The Bertz CT molecular complexity index is 261. The van der Waals surface area contributed by atoms with E-state index in [9.17, 15) is 26.3 Å². The summed E-state index contributed by atoms with van der Waals surface area (Å²) in [5.41, 5.74) is -3.22. The Kier molecular flexibility index (Phi) is 3.35. The molecule has 0 aliphatic heterocycles. The number of hydrogen-bond acceptors (Lipinski definition) is 0. The average molecular weight is 232 g/mol. The highest BCUT2D eigenvalue weighted by atomic mass is 19.3. The van der Waals surface area contributed by atoms with Crippen LogP contribution in [0.3, 0.4) is 0 Å². The lowest BCUT2D eigenvalue weighted by atomic mass is 10.1. The standard InChI is InChI=1S/C7H4F6.C2H6/c1-3-4(2)6(10,11)7(12,13)5(3,8)9;1-2/h1-2H2;1-2H3. The van der Waals surface area contributed by atoms with E-state index in [1.54, 1.807) is 0 Å². The Morgan fingerprint density at radius 2 is 0.933 bits per heavy atom. The zero-order chi connectivity index (χ0) is 12.7. The first kappa shape index (κ1) is 14.1. The maximum Gasteiger partial charge on any atom is 0.380 e. The van der Waals surface area contributed by atoms with Crippen LogP contribution >= 0.6 is 0 Å². The predicted molar refractivity (Wildman–Crippen MR) is 44.5 cm³/mol. The van der Waals surface area contributed by atoms with Gasteiger partial charge in [0.05, 0.1) is 0 Å². The van der Waals surface area contributed by atoms with Crippen LogP contribution in [0.15, 0.2) is 24.3 Å². The van der Waals surface area contributed by atoms with Gasteiger partial charge in [0.1, 0.15) is 0 Å². The van der Waals surface area contributed by atoms with Crippen LogP contribution in [-0.2, 0) is 0 Å². The van der Waals surface area contributed by atoms with E-state index in [2.05, 4.69) is 13.2 Å². The summed E-state index contributed by atoms with van der Waals surface area (Å²) in [7, 11) is 0. The quantitative estimate of drug-likeness (QED) is 0.553. The fraction of sp³-hybridized carbons (Fsp3) is 0.556. The summed E-state index contributed by atoms with van der Waals surface area (Å²) >= 11 is 0. The first-order valence-corrected chi connectivity index (χ1v) is 4.09. The highest BCUT2D eigenvalue weighted by Crippen LogP contribution is 2.60. The molecule has 0 amide bonds. The molecule has 88 valence electrons. The van der Waals surface area contributed by atoms with E-state index in [-0.39, 0.29) is 0 Å². The molecule has 0 bridgehead atoms. The topological polar surface area (TPSA) is 0 Å². The van der Waals surface area contributed by atoms with Gasteiger partial charge in [0.25, 0.3) is 0 Å². The average Bonchev–Trinajstić information content (AvgIpc) is 2.23. The van der Waals surface area contributed by atoms with Crippen LogP contribution in [0.5, 0.6) is 0 Å². The molecule has 6 heteroatoms. The summed E-state index contributed by atoms with van der Waals surface area (Å²) in [5, 5.41) is 0. The second kappa shape index (κ2) is 3.57. The van der Waals surface area contributed by atoms with Gasteiger partial charge in [-0.25, -0.2) is 0 Å². The van der Waals surface area contributed by atoms with Gasteiger partial charge in [0.2, 0.25) is 0 Å². The van der Waals surface area contributed by atoms with Crippen LogP contribution in [-0.4, -0.2) is 17.8 Å². The molecule has 1 saturated carbocycles. The molecule has 15 heavy (non-hydrogen) atoms. The smallest absolute Gasteiger partial charge is 0.194 e. The molecule has 1 aliphatic rings. The van der Waals surface area contributed by atoms with Gasteiger partial charge >= 0.3 is 17.8 Å². The fourth-order valence-electron chi connectivity index (χ4n) is 0.955. The molecular weight excluding hydrogens is 222 g/mol. The summed E-state index contributed by atoms with van der Waals surface area (Å²) in [6.07, 6.45) is 0. The van der Waals surface area contributed by atoms with Crippen molar-refractivity contribution in [2.24, 2.45) is 0 Å². The lowest BCUT2D eigenvalue weighted by Gasteiger charge is -2.22. The van der Waals surface area contributed by atoms with Crippen LogP contribution in [0.25, 0.3) is 0 Å². The van der Waals surface area contributed by atoms with Crippen LogP contribution in [0.1, 0.15) is 13.8 Å². The molecule has 0 heterocycles. The van der Waals surface area contributed by atoms with Crippen LogP contribution in [0.4, 0.5) is 26.3 Å². The van der Waals surface area contributed by atoms with Gasteiger partial charge in [0, 0.05) is 11.1 Å². The van der Waals surface area contributed by atoms with E-state index in [4.69, 9.17) is 0 Å². The first-order valence-electron chi connectivity index (χ1n) is 4.09. The van der Waals surface area contributed by atoms with E-state index in [0.717, 1.165) is 0 Å². The largest absolute Gasteiger partial charge is 0.380 e. The van der Waals surface area contributed by atoms with Gasteiger partial charge in [-0.2, -0.15) is 26.3 Å². The van der Waals surface area contributed by atoms with Gasteiger partial charge in [-0.1, -0.05) is 27.0 Å². The van der Waals surface area contributed by atoms with Crippen LogP contribution < -0.4 is 0 Å². The van der Waals surface area contributed by atoms with Crippen molar-refractivity contribution < 1.29 is 26.3 Å². The lowest BCUT2D eigenvalue weighted by Crippen LogP contribution is -2.46. The maximum atomic E-state index is 12.5. The third-order valence-corrected chi connectivity index (χ3v) is 1.91. The predicted octanol–water partition coefficient (Wildman–Crippen LogP) is 4.04. The summed E-state index contributed by atoms with van der Waals surface area (Å²) in [6, 6.07) is 0. The third kappa shape index (κ3) is 1.46. The van der Waals surface area contributed by atoms with Crippen molar-refractivity contribution in [2.75, 3.05) is 0 Å². The first-order chi connectivity index (χ1) is 6.57. The molecule has 0 aromatic rings. The summed E-state index contributed by atoms with van der Waals surface area (Å²) in [5.74, 6) is -15.3. The second-order valence-electron chi connectivity index (χ2n) is 2.68. The van der Waals surface area contributed by atoms with Crippen molar-refractivity contribution in [2.45, 2.75) is 31.6 Å². The van der Waals surface area contributed by atoms with E-state index in [1.165, 1.54) is 0 Å². The molecule has 0 aromatic heterocycles. The number of allylic oxidation sites excluding steroid dienone is 2. The SMILES string of the molecule is C=C1C(=C)C(F)(F)C(F)(F)C1(F)F.CC. The molecule has 0 N–H and O–H groups in total. The minimum Gasteiger partial charge on any atom is -0.194 e. The normalized spacial score (nSPS) is 25.9. The minimum absolute atomic E-state index is 1.61. The van der Waals surface area contributed by atoms with Crippen LogP contribution in [0.2, 0.25) is 0 Å². The molecule has 0 aromatic carbocycles. The van der Waals surface area contributed by atoms with Gasteiger partial charge < -0.3 is 0 Å². The monoisotopic (exact) mass is 232 g/mol. The molecule has 0 saturated heterocycles. The lowest BCUT2D eigenvalue weighted by molar-refractivity contribution is -0.257. The van der Waals surface area contributed by atoms with Gasteiger partial charge in [-0.3, -0.25) is 0 Å². The number of rotatable bonds is 0. The van der Waals surface area contributed by atoms with Crippen molar-refractivity contribution in [1.29, 1.82) is 0 Å². The Morgan fingerprint density at radius 1 is 0.733 bits per heavy atom. The molecule has 0 radical (unpaired) electrons. The zero-order valence-corrected chi connectivity index (χ0v) is 8.18. The Hall–Kier alpha value is -0.940. The van der Waals surface area contributed by atoms with E-state index in [1.807, 2.05) is 13.8 Å². The molecule has 1 fully saturated rings. The maximum absolute atomic E-state index is 12.5. The minimum atomic E-state index is -5.44. The van der Waals surface area contributed by atoms with Crippen molar-refractivity contribution in [1.82, 2.24) is 0 Å². The summed E-state index contributed by atoms with van der Waals surface area (Å²) < 4.78 is 74.6. The Labute approximate surface area is 83.3 Å². The van der Waals surface area contributed by atoms with Crippen LogP contribution in [0, 0.1) is 0 Å². The van der Waals surface area contributed by atoms with E-state index >= 15 is 0 Å². The molecule has 0 atom stereocenters. The highest BCUT2D eigenvalue weighted by Gasteiger charge is 2.80. The number of hydrogen-bond donors (Lipinski definition) is 0. The fourth-order valence-corrected chi connectivity index (χ4v) is 0.955. The summed E-state index contributed by atoms with van der Waals surface area (Å²) in [4.78, 5) is 0. The molecule has 1 aliphatic carbocycles. The van der Waals surface area contributed by atoms with Crippen molar-refractivity contribution in [3.63, 3.8) is 0 Å². The molecule has 0 spiro atoms. The molecule has 0 unspecified atom stereocenters. The molecule has 0 nitrogen and oxygen atoms in total. The summed E-state index contributed by atoms with van der Waals surface area (Å²) in [6.45, 7) is 8.94. The molecule has 1 rings (SSSR count). The Balaban J connectivity index is 0.000000921. The van der Waals surface area contributed by atoms with Crippen molar-refractivity contribution in [3.05, 3.63) is 24.3 Å². The highest BCUT2D eigenvalue weighted by molar-refractivity contribution is 5.48. The van der Waals surface area contributed by atoms with Crippen molar-refractivity contribution >= 4 is 0 Å². The molecular formula is C9H10F6. The zero-order valence-electron chi connectivity index (χ0n) is 8.18. The number of alkyl halides is 6. The third-order valence-electron chi connectivity index (χ3n) is 1.91. The van der Waals surface area contributed by atoms with E-state index in [0.29, 0.717) is 0 Å². The Morgan fingerprint density at radius 3 is 1.00 bits per heavy atom.